The van der Waals surface area contributed by atoms with Gasteiger partial charge in [-0.2, -0.15) is 11.3 Å². The molecule has 0 aliphatic carbocycles. The van der Waals surface area contributed by atoms with Crippen LogP contribution in [0.15, 0.2) is 33.9 Å². The van der Waals surface area contributed by atoms with Crippen LogP contribution in [0.5, 0.6) is 0 Å². The average molecular weight is 366 g/mol. The predicted molar refractivity (Wildman–Crippen MR) is 85.4 cm³/mol. The molecule has 8 heteroatoms. The van der Waals surface area contributed by atoms with Crippen LogP contribution in [0, 0.1) is 0 Å². The van der Waals surface area contributed by atoms with E-state index >= 15 is 0 Å². The molecule has 0 aliphatic rings. The Hall–Kier alpha value is -0.630. The molecule has 0 amide bonds. The van der Waals surface area contributed by atoms with Gasteiger partial charge in [-0.3, -0.25) is 0 Å². The fraction of sp³-hybridized carbons (Fsp3) is 0.231. The zero-order valence-electron chi connectivity index (χ0n) is 11.0. The van der Waals surface area contributed by atoms with Crippen molar-refractivity contribution in [3.05, 3.63) is 50.1 Å². The quantitative estimate of drug-likeness (QED) is 0.850. The van der Waals surface area contributed by atoms with Crippen molar-refractivity contribution < 1.29 is 13.5 Å². The highest BCUT2D eigenvalue weighted by Gasteiger charge is 2.23. The van der Waals surface area contributed by atoms with Crippen molar-refractivity contribution in [2.24, 2.45) is 0 Å². The summed E-state index contributed by atoms with van der Waals surface area (Å²) in [6.45, 7) is 1.32. The van der Waals surface area contributed by atoms with Crippen molar-refractivity contribution in [3.63, 3.8) is 0 Å². The summed E-state index contributed by atoms with van der Waals surface area (Å²) in [5.41, 5.74) is 1.07. The Morgan fingerprint density at radius 2 is 2.05 bits per heavy atom. The molecule has 0 spiro atoms. The lowest BCUT2D eigenvalue weighted by atomic mass is 10.2. The molecule has 0 bridgehead atoms. The van der Waals surface area contributed by atoms with E-state index in [9.17, 15) is 13.5 Å². The maximum Gasteiger partial charge on any atom is 0.242 e. The Labute approximate surface area is 137 Å². The van der Waals surface area contributed by atoms with Crippen LogP contribution in [-0.2, 0) is 16.6 Å². The number of aliphatic hydroxyl groups excluding tert-OH is 1. The average Bonchev–Trinajstić information content (AvgIpc) is 2.92. The summed E-state index contributed by atoms with van der Waals surface area (Å²) in [6.07, 6.45) is 0. The molecule has 2 rings (SSSR count). The second kappa shape index (κ2) is 6.64. The second-order valence-corrected chi connectivity index (χ2v) is 7.64. The lowest BCUT2D eigenvalue weighted by Crippen LogP contribution is -2.27. The smallest absolute Gasteiger partial charge is 0.242 e. The summed E-state index contributed by atoms with van der Waals surface area (Å²) in [7, 11) is -3.81. The number of rotatable bonds is 5. The highest BCUT2D eigenvalue weighted by molar-refractivity contribution is 7.89. The Balaban J connectivity index is 2.36. The predicted octanol–water partition coefficient (Wildman–Crippen LogP) is 3.59. The van der Waals surface area contributed by atoms with Crippen LogP contribution < -0.4 is 4.72 Å². The van der Waals surface area contributed by atoms with Crippen LogP contribution >= 0.6 is 34.5 Å². The van der Waals surface area contributed by atoms with Gasteiger partial charge in [-0.1, -0.05) is 23.2 Å². The van der Waals surface area contributed by atoms with E-state index < -0.39 is 16.6 Å². The SMILES string of the molecule is CC(NS(=O)(=O)c1ccc(Cl)c(CO)c1Cl)c1ccsc1. The van der Waals surface area contributed by atoms with E-state index in [0.29, 0.717) is 0 Å². The fourth-order valence-corrected chi connectivity index (χ4v) is 4.70. The summed E-state index contributed by atoms with van der Waals surface area (Å²) in [5, 5.41) is 13.2. The van der Waals surface area contributed by atoms with Gasteiger partial charge in [0, 0.05) is 16.6 Å². The summed E-state index contributed by atoms with van der Waals surface area (Å²) in [5.74, 6) is 0. The number of nitrogens with one attached hydrogen (secondary N) is 1. The van der Waals surface area contributed by atoms with Crippen LogP contribution in [0.2, 0.25) is 10.0 Å². The molecule has 4 nitrogen and oxygen atoms in total. The van der Waals surface area contributed by atoms with Crippen molar-refractivity contribution in [2.45, 2.75) is 24.5 Å². The van der Waals surface area contributed by atoms with Gasteiger partial charge in [0.1, 0.15) is 4.90 Å². The van der Waals surface area contributed by atoms with Crippen molar-refractivity contribution in [1.82, 2.24) is 4.72 Å². The molecule has 1 atom stereocenters. The van der Waals surface area contributed by atoms with Gasteiger partial charge in [-0.15, -0.1) is 0 Å². The molecule has 0 fully saturated rings. The number of hydrogen-bond acceptors (Lipinski definition) is 4. The summed E-state index contributed by atoms with van der Waals surface area (Å²) >= 11 is 13.4. The molecule has 0 aliphatic heterocycles. The number of halogens is 2. The maximum absolute atomic E-state index is 12.4. The third-order valence-corrected chi connectivity index (χ3v) is 6.16. The number of benzene rings is 1. The molecule has 0 saturated carbocycles. The van der Waals surface area contributed by atoms with E-state index in [1.807, 2.05) is 16.8 Å². The third-order valence-electron chi connectivity index (χ3n) is 2.97. The normalized spacial score (nSPS) is 13.3. The zero-order valence-corrected chi connectivity index (χ0v) is 14.2. The van der Waals surface area contributed by atoms with Gasteiger partial charge in [0.05, 0.1) is 11.6 Å². The first-order valence-electron chi connectivity index (χ1n) is 5.99. The zero-order chi connectivity index (χ0) is 15.6. The van der Waals surface area contributed by atoms with Gasteiger partial charge in [0.2, 0.25) is 10.0 Å². The van der Waals surface area contributed by atoms with Crippen LogP contribution in [-0.4, -0.2) is 13.5 Å². The molecule has 1 aromatic carbocycles. The van der Waals surface area contributed by atoms with Crippen LogP contribution in [0.4, 0.5) is 0 Å². The molecule has 2 aromatic rings. The first-order valence-corrected chi connectivity index (χ1v) is 9.17. The fourth-order valence-electron chi connectivity index (χ4n) is 1.81. The largest absolute Gasteiger partial charge is 0.392 e. The Morgan fingerprint density at radius 3 is 2.62 bits per heavy atom. The molecule has 0 radical (unpaired) electrons. The van der Waals surface area contributed by atoms with E-state index in [2.05, 4.69) is 4.72 Å². The molecule has 0 saturated heterocycles. The van der Waals surface area contributed by atoms with E-state index in [1.54, 1.807) is 6.92 Å². The minimum atomic E-state index is -3.81. The monoisotopic (exact) mass is 365 g/mol. The highest BCUT2D eigenvalue weighted by atomic mass is 35.5. The van der Waals surface area contributed by atoms with Crippen molar-refractivity contribution in [2.75, 3.05) is 0 Å². The van der Waals surface area contributed by atoms with E-state index in [0.717, 1.165) is 5.56 Å². The molecule has 2 N–H and O–H groups in total. The van der Waals surface area contributed by atoms with Gasteiger partial charge >= 0.3 is 0 Å². The van der Waals surface area contributed by atoms with Gasteiger partial charge in [-0.25, -0.2) is 13.1 Å². The Bertz CT molecular complexity index is 730. The molecule has 1 heterocycles. The maximum atomic E-state index is 12.4. The van der Waals surface area contributed by atoms with Crippen molar-refractivity contribution in [1.29, 1.82) is 0 Å². The molecule has 114 valence electrons. The molecule has 1 unspecified atom stereocenters. The molecular formula is C13H13Cl2NO3S2. The first-order chi connectivity index (χ1) is 9.86. The van der Waals surface area contributed by atoms with Gasteiger partial charge < -0.3 is 5.11 Å². The van der Waals surface area contributed by atoms with Gasteiger partial charge in [0.15, 0.2) is 0 Å². The number of thiophene rings is 1. The van der Waals surface area contributed by atoms with Gasteiger partial charge in [0.25, 0.3) is 0 Å². The standard InChI is InChI=1S/C13H13Cl2NO3S2/c1-8(9-4-5-20-7-9)16-21(18,19)12-3-2-11(14)10(6-17)13(12)15/h2-5,7-8,16-17H,6H2,1H3. The molecule has 1 aromatic heterocycles. The number of sulfonamides is 1. The Morgan fingerprint density at radius 1 is 1.33 bits per heavy atom. The summed E-state index contributed by atoms with van der Waals surface area (Å²) in [6, 6.07) is 4.20. The summed E-state index contributed by atoms with van der Waals surface area (Å²) < 4.78 is 27.4. The van der Waals surface area contributed by atoms with E-state index in [4.69, 9.17) is 23.2 Å². The minimum Gasteiger partial charge on any atom is -0.392 e. The summed E-state index contributed by atoms with van der Waals surface area (Å²) in [4.78, 5) is -0.0975. The molecular weight excluding hydrogens is 353 g/mol. The lowest BCUT2D eigenvalue weighted by molar-refractivity contribution is 0.281. The topological polar surface area (TPSA) is 66.4 Å². The number of hydrogen-bond donors (Lipinski definition) is 2. The van der Waals surface area contributed by atoms with E-state index in [-0.39, 0.29) is 26.5 Å². The van der Waals surface area contributed by atoms with Crippen molar-refractivity contribution in [3.8, 4) is 0 Å². The van der Waals surface area contributed by atoms with Crippen LogP contribution in [0.25, 0.3) is 0 Å². The molecule has 21 heavy (non-hydrogen) atoms. The highest BCUT2D eigenvalue weighted by Crippen LogP contribution is 2.31. The Kier molecular flexibility index (Phi) is 5.29. The van der Waals surface area contributed by atoms with Crippen molar-refractivity contribution >= 4 is 44.6 Å². The van der Waals surface area contributed by atoms with Crippen LogP contribution in [0.3, 0.4) is 0 Å². The number of aliphatic hydroxyl groups is 1. The third kappa shape index (κ3) is 3.59. The second-order valence-electron chi connectivity index (χ2n) is 4.40. The van der Waals surface area contributed by atoms with E-state index in [1.165, 1.54) is 23.5 Å². The lowest BCUT2D eigenvalue weighted by Gasteiger charge is -2.15. The van der Waals surface area contributed by atoms with Crippen LogP contribution in [0.1, 0.15) is 24.1 Å². The van der Waals surface area contributed by atoms with Gasteiger partial charge in [-0.05, 0) is 41.4 Å². The first kappa shape index (κ1) is 16.7. The minimum absolute atomic E-state index is 0.0602.